The second-order valence-electron chi connectivity index (χ2n) is 3.88. The highest BCUT2D eigenvalue weighted by Gasteiger charge is 2.10. The van der Waals surface area contributed by atoms with Crippen LogP contribution in [0.1, 0.15) is 10.5 Å². The number of aliphatic hydroxyl groups is 1. The van der Waals surface area contributed by atoms with Crippen LogP contribution in [0.4, 0.5) is 0 Å². The zero-order chi connectivity index (χ0) is 13.7. The summed E-state index contributed by atoms with van der Waals surface area (Å²) < 4.78 is 5.14. The Kier molecular flexibility index (Phi) is 4.15. The van der Waals surface area contributed by atoms with Crippen LogP contribution in [0.3, 0.4) is 0 Å². The summed E-state index contributed by atoms with van der Waals surface area (Å²) >= 11 is 0. The number of aliphatic hydroxyl groups excluding tert-OH is 1. The summed E-state index contributed by atoms with van der Waals surface area (Å²) in [5.41, 5.74) is 1.87. The molecule has 0 saturated carbocycles. The van der Waals surface area contributed by atoms with E-state index in [1.165, 1.54) is 0 Å². The number of ether oxygens (including phenoxy) is 1. The number of nitrogens with zero attached hydrogens (tertiary/aromatic N) is 1. The number of amides is 1. The Morgan fingerprint density at radius 1 is 1.47 bits per heavy atom. The fourth-order valence-electron chi connectivity index (χ4n) is 1.63. The van der Waals surface area contributed by atoms with E-state index >= 15 is 0 Å². The van der Waals surface area contributed by atoms with Crippen LogP contribution in [0.5, 0.6) is 5.75 Å². The standard InChI is InChI=1S/C13H15N3O3/c1-19-10-4-2-3-9(7-10)11-8-12(16-15-11)13(18)14-5-6-17/h2-4,7-8,17H,5-6H2,1H3,(H,14,18)(H,15,16). The molecule has 2 rings (SSSR count). The van der Waals surface area contributed by atoms with Crippen molar-refractivity contribution in [1.29, 1.82) is 0 Å². The van der Waals surface area contributed by atoms with E-state index in [4.69, 9.17) is 9.84 Å². The molecule has 0 bridgehead atoms. The highest BCUT2D eigenvalue weighted by Crippen LogP contribution is 2.22. The van der Waals surface area contributed by atoms with Crippen LogP contribution in [-0.4, -0.2) is 41.5 Å². The monoisotopic (exact) mass is 261 g/mol. The number of carbonyl (C=O) groups excluding carboxylic acids is 1. The minimum Gasteiger partial charge on any atom is -0.497 e. The van der Waals surface area contributed by atoms with Crippen LogP contribution < -0.4 is 10.1 Å². The lowest BCUT2D eigenvalue weighted by Crippen LogP contribution is -2.26. The van der Waals surface area contributed by atoms with Gasteiger partial charge in [-0.15, -0.1) is 0 Å². The minimum atomic E-state index is -0.296. The molecule has 0 fully saturated rings. The topological polar surface area (TPSA) is 87.2 Å². The van der Waals surface area contributed by atoms with Gasteiger partial charge in [-0.2, -0.15) is 5.10 Å². The molecule has 0 aliphatic heterocycles. The van der Waals surface area contributed by atoms with Gasteiger partial charge in [-0.25, -0.2) is 0 Å². The summed E-state index contributed by atoms with van der Waals surface area (Å²) in [5.74, 6) is 0.433. The Balaban J connectivity index is 2.18. The molecular weight excluding hydrogens is 246 g/mol. The molecule has 0 radical (unpaired) electrons. The van der Waals surface area contributed by atoms with E-state index in [1.54, 1.807) is 13.2 Å². The molecule has 2 aromatic rings. The molecule has 6 nitrogen and oxygen atoms in total. The summed E-state index contributed by atoms with van der Waals surface area (Å²) in [4.78, 5) is 11.7. The number of methoxy groups -OCH3 is 1. The first-order chi connectivity index (χ1) is 9.24. The van der Waals surface area contributed by atoms with Crippen LogP contribution in [0.15, 0.2) is 30.3 Å². The third-order valence-electron chi connectivity index (χ3n) is 2.59. The molecule has 19 heavy (non-hydrogen) atoms. The Bertz CT molecular complexity index is 566. The summed E-state index contributed by atoms with van der Waals surface area (Å²) in [7, 11) is 1.59. The quantitative estimate of drug-likeness (QED) is 0.743. The molecule has 0 aliphatic carbocycles. The highest BCUT2D eigenvalue weighted by molar-refractivity contribution is 5.93. The van der Waals surface area contributed by atoms with Crippen molar-refractivity contribution < 1.29 is 14.6 Å². The van der Waals surface area contributed by atoms with Crippen molar-refractivity contribution in [2.24, 2.45) is 0 Å². The van der Waals surface area contributed by atoms with Crippen LogP contribution in [0.2, 0.25) is 0 Å². The number of aromatic nitrogens is 2. The number of hydrogen-bond acceptors (Lipinski definition) is 4. The average molecular weight is 261 g/mol. The fourth-order valence-corrected chi connectivity index (χ4v) is 1.63. The second-order valence-corrected chi connectivity index (χ2v) is 3.88. The smallest absolute Gasteiger partial charge is 0.269 e. The number of nitrogens with one attached hydrogen (secondary N) is 2. The van der Waals surface area contributed by atoms with Crippen molar-refractivity contribution in [3.63, 3.8) is 0 Å². The van der Waals surface area contributed by atoms with Crippen molar-refractivity contribution >= 4 is 5.91 Å². The Hall–Kier alpha value is -2.34. The second kappa shape index (κ2) is 6.01. The molecule has 1 heterocycles. The molecule has 6 heteroatoms. The summed E-state index contributed by atoms with van der Waals surface area (Å²) in [6.07, 6.45) is 0. The lowest BCUT2D eigenvalue weighted by molar-refractivity contribution is 0.0940. The van der Waals surface area contributed by atoms with Gasteiger partial charge in [-0.05, 0) is 18.2 Å². The first-order valence-corrected chi connectivity index (χ1v) is 5.83. The van der Waals surface area contributed by atoms with E-state index in [0.29, 0.717) is 11.4 Å². The molecule has 100 valence electrons. The van der Waals surface area contributed by atoms with Gasteiger partial charge in [0, 0.05) is 12.1 Å². The zero-order valence-corrected chi connectivity index (χ0v) is 10.5. The van der Waals surface area contributed by atoms with E-state index in [2.05, 4.69) is 15.5 Å². The van der Waals surface area contributed by atoms with Crippen molar-refractivity contribution in [3.8, 4) is 17.0 Å². The number of H-pyrrole nitrogens is 1. The van der Waals surface area contributed by atoms with Crippen LogP contribution in [0.25, 0.3) is 11.3 Å². The maximum Gasteiger partial charge on any atom is 0.269 e. The molecule has 0 spiro atoms. The van der Waals surface area contributed by atoms with Gasteiger partial charge in [0.1, 0.15) is 11.4 Å². The molecule has 0 unspecified atom stereocenters. The van der Waals surface area contributed by atoms with Crippen molar-refractivity contribution in [2.45, 2.75) is 0 Å². The normalized spacial score (nSPS) is 10.2. The van der Waals surface area contributed by atoms with E-state index in [1.807, 2.05) is 24.3 Å². The lowest BCUT2D eigenvalue weighted by atomic mass is 10.1. The average Bonchev–Trinajstić information content (AvgIpc) is 2.94. The van der Waals surface area contributed by atoms with Crippen LogP contribution in [-0.2, 0) is 0 Å². The maximum absolute atomic E-state index is 11.7. The van der Waals surface area contributed by atoms with E-state index in [0.717, 1.165) is 11.3 Å². The number of aromatic amines is 1. The van der Waals surface area contributed by atoms with E-state index in [-0.39, 0.29) is 19.1 Å². The summed E-state index contributed by atoms with van der Waals surface area (Å²) in [6.45, 7) is 0.120. The van der Waals surface area contributed by atoms with E-state index < -0.39 is 0 Å². The molecule has 0 saturated heterocycles. The van der Waals surface area contributed by atoms with Crippen molar-refractivity contribution in [2.75, 3.05) is 20.3 Å². The minimum absolute atomic E-state index is 0.0946. The van der Waals surface area contributed by atoms with Crippen LogP contribution in [0, 0.1) is 0 Å². The van der Waals surface area contributed by atoms with Gasteiger partial charge >= 0.3 is 0 Å². The Morgan fingerprint density at radius 3 is 3.05 bits per heavy atom. The Labute approximate surface area is 110 Å². The summed E-state index contributed by atoms with van der Waals surface area (Å²) in [5, 5.41) is 18.0. The molecule has 1 amide bonds. The summed E-state index contributed by atoms with van der Waals surface area (Å²) in [6, 6.07) is 9.07. The third-order valence-corrected chi connectivity index (χ3v) is 2.59. The molecule has 1 aromatic carbocycles. The zero-order valence-electron chi connectivity index (χ0n) is 10.5. The van der Waals surface area contributed by atoms with Crippen molar-refractivity contribution in [1.82, 2.24) is 15.5 Å². The van der Waals surface area contributed by atoms with E-state index in [9.17, 15) is 4.79 Å². The lowest BCUT2D eigenvalue weighted by Gasteiger charge is -2.01. The molecule has 0 aliphatic rings. The largest absolute Gasteiger partial charge is 0.497 e. The first kappa shape index (κ1) is 13.1. The highest BCUT2D eigenvalue weighted by atomic mass is 16.5. The van der Waals surface area contributed by atoms with Gasteiger partial charge in [0.25, 0.3) is 5.91 Å². The first-order valence-electron chi connectivity index (χ1n) is 5.83. The molecule has 0 atom stereocenters. The van der Waals surface area contributed by atoms with Gasteiger partial charge in [-0.1, -0.05) is 12.1 Å². The maximum atomic E-state index is 11.7. The SMILES string of the molecule is COc1cccc(-c2cc(C(=O)NCCO)[nH]n2)c1. The van der Waals surface area contributed by atoms with Crippen molar-refractivity contribution in [3.05, 3.63) is 36.0 Å². The third kappa shape index (κ3) is 3.11. The number of rotatable bonds is 5. The number of carbonyl (C=O) groups is 1. The van der Waals surface area contributed by atoms with Gasteiger partial charge in [0.15, 0.2) is 0 Å². The predicted molar refractivity (Wildman–Crippen MR) is 70.0 cm³/mol. The molecular formula is C13H15N3O3. The van der Waals surface area contributed by atoms with Gasteiger partial charge in [-0.3, -0.25) is 9.89 Å². The molecule has 3 N–H and O–H groups in total. The van der Waals surface area contributed by atoms with Gasteiger partial charge < -0.3 is 15.2 Å². The number of benzene rings is 1. The van der Waals surface area contributed by atoms with Gasteiger partial charge in [0.2, 0.25) is 0 Å². The molecule has 1 aromatic heterocycles. The van der Waals surface area contributed by atoms with Crippen LogP contribution >= 0.6 is 0 Å². The fraction of sp³-hybridized carbons (Fsp3) is 0.231. The predicted octanol–water partition coefficient (Wildman–Crippen LogP) is 0.807. The number of hydrogen-bond donors (Lipinski definition) is 3. The van der Waals surface area contributed by atoms with Gasteiger partial charge in [0.05, 0.1) is 19.4 Å². The Morgan fingerprint density at radius 2 is 2.32 bits per heavy atom.